The number of halogens is 1. The van der Waals surface area contributed by atoms with Crippen LogP contribution in [0, 0.1) is 0 Å². The molecule has 2 aromatic rings. The Bertz CT molecular complexity index is 597. The highest BCUT2D eigenvalue weighted by atomic mass is 35.5. The highest BCUT2D eigenvalue weighted by Gasteiger charge is 2.38. The zero-order valence-electron chi connectivity index (χ0n) is 11.5. The number of rotatable bonds is 3. The third kappa shape index (κ3) is 1.96. The molecule has 1 aromatic carbocycles. The molecular weight excluding hydrogens is 258 g/mol. The molecule has 19 heavy (non-hydrogen) atoms. The van der Waals surface area contributed by atoms with Crippen molar-refractivity contribution in [2.24, 2.45) is 0 Å². The van der Waals surface area contributed by atoms with E-state index in [1.165, 1.54) is 12.2 Å². The number of aromatic nitrogens is 2. The van der Waals surface area contributed by atoms with Gasteiger partial charge in [0.2, 0.25) is 0 Å². The molecule has 4 heteroatoms. The minimum Gasteiger partial charge on any atom is -0.328 e. The minimum absolute atomic E-state index is 0.182. The second-order valence-electron chi connectivity index (χ2n) is 5.37. The van der Waals surface area contributed by atoms with Crippen LogP contribution in [0.1, 0.15) is 32.5 Å². The van der Waals surface area contributed by atoms with Crippen LogP contribution in [0.25, 0.3) is 11.0 Å². The molecule has 0 saturated carbocycles. The predicted molar refractivity (Wildman–Crippen MR) is 79.9 cm³/mol. The Hall–Kier alpha value is -1.06. The van der Waals surface area contributed by atoms with E-state index in [9.17, 15) is 0 Å². The van der Waals surface area contributed by atoms with Gasteiger partial charge in [0.05, 0.1) is 11.0 Å². The highest BCUT2D eigenvalue weighted by molar-refractivity contribution is 6.31. The molecule has 0 bridgehead atoms. The van der Waals surface area contributed by atoms with E-state index < -0.39 is 0 Å². The van der Waals surface area contributed by atoms with Gasteiger partial charge >= 0.3 is 0 Å². The molecule has 1 unspecified atom stereocenters. The van der Waals surface area contributed by atoms with Gasteiger partial charge in [-0.2, -0.15) is 0 Å². The highest BCUT2D eigenvalue weighted by Crippen LogP contribution is 2.35. The number of fused-ring (bicyclic) bond motifs is 1. The fourth-order valence-corrected chi connectivity index (χ4v) is 3.38. The van der Waals surface area contributed by atoms with E-state index >= 15 is 0 Å². The van der Waals surface area contributed by atoms with Gasteiger partial charge in [0.15, 0.2) is 0 Å². The first-order valence-electron chi connectivity index (χ1n) is 7.07. The maximum absolute atomic E-state index is 6.13. The summed E-state index contributed by atoms with van der Waals surface area (Å²) in [5.41, 5.74) is 2.40. The molecule has 102 valence electrons. The fourth-order valence-electron chi connectivity index (χ4n) is 3.22. The standard InChI is InChI=1S/C15H20ClN3/c1-3-15(7-8-17-10-15)14-18-12-6-5-11(16)9-13(12)19(14)4-2/h5-6,9,17H,3-4,7-8,10H2,1-2H3. The van der Waals surface area contributed by atoms with Crippen molar-refractivity contribution in [2.75, 3.05) is 13.1 Å². The van der Waals surface area contributed by atoms with Crippen LogP contribution in [0.3, 0.4) is 0 Å². The molecule has 1 aliphatic rings. The molecule has 1 atom stereocenters. The number of aryl methyl sites for hydroxylation is 1. The number of nitrogens with one attached hydrogen (secondary N) is 1. The van der Waals surface area contributed by atoms with Crippen LogP contribution < -0.4 is 5.32 Å². The second kappa shape index (κ2) is 4.80. The Labute approximate surface area is 119 Å². The van der Waals surface area contributed by atoms with E-state index in [-0.39, 0.29) is 5.41 Å². The van der Waals surface area contributed by atoms with E-state index in [0.29, 0.717) is 0 Å². The second-order valence-corrected chi connectivity index (χ2v) is 5.81. The third-order valence-corrected chi connectivity index (χ3v) is 4.66. The summed E-state index contributed by atoms with van der Waals surface area (Å²) in [6.07, 6.45) is 2.29. The summed E-state index contributed by atoms with van der Waals surface area (Å²) in [7, 11) is 0. The van der Waals surface area contributed by atoms with Crippen molar-refractivity contribution in [1.82, 2.24) is 14.9 Å². The van der Waals surface area contributed by atoms with Gasteiger partial charge in [-0.15, -0.1) is 0 Å². The van der Waals surface area contributed by atoms with Crippen LogP contribution in [0.4, 0.5) is 0 Å². The molecule has 3 rings (SSSR count). The average Bonchev–Trinajstić information content (AvgIpc) is 3.02. The van der Waals surface area contributed by atoms with Gasteiger partial charge in [-0.3, -0.25) is 0 Å². The first kappa shape index (κ1) is 12.9. The molecule has 0 spiro atoms. The fraction of sp³-hybridized carbons (Fsp3) is 0.533. The van der Waals surface area contributed by atoms with Crippen LogP contribution in [-0.2, 0) is 12.0 Å². The van der Waals surface area contributed by atoms with Crippen molar-refractivity contribution < 1.29 is 0 Å². The van der Waals surface area contributed by atoms with E-state index in [0.717, 1.165) is 42.1 Å². The molecular formula is C15H20ClN3. The zero-order chi connectivity index (χ0) is 13.5. The summed E-state index contributed by atoms with van der Waals surface area (Å²) in [4.78, 5) is 4.91. The molecule has 0 aliphatic carbocycles. The van der Waals surface area contributed by atoms with E-state index in [4.69, 9.17) is 16.6 Å². The van der Waals surface area contributed by atoms with Gasteiger partial charge in [0.1, 0.15) is 5.82 Å². The maximum atomic E-state index is 6.13. The van der Waals surface area contributed by atoms with Crippen LogP contribution >= 0.6 is 11.6 Å². The van der Waals surface area contributed by atoms with E-state index in [1.54, 1.807) is 0 Å². The predicted octanol–water partition coefficient (Wildman–Crippen LogP) is 3.35. The van der Waals surface area contributed by atoms with Crippen LogP contribution in [0.5, 0.6) is 0 Å². The number of hydrogen-bond donors (Lipinski definition) is 1. The van der Waals surface area contributed by atoms with Gasteiger partial charge in [-0.05, 0) is 44.5 Å². The summed E-state index contributed by atoms with van der Waals surface area (Å²) >= 11 is 6.13. The topological polar surface area (TPSA) is 29.9 Å². The van der Waals surface area contributed by atoms with Gasteiger partial charge in [0, 0.05) is 23.5 Å². The SMILES string of the molecule is CCn1c(C2(CC)CCNC2)nc2ccc(Cl)cc21. The van der Waals surface area contributed by atoms with Crippen molar-refractivity contribution in [3.63, 3.8) is 0 Å². The van der Waals surface area contributed by atoms with E-state index in [1.807, 2.05) is 18.2 Å². The number of nitrogens with zero attached hydrogens (tertiary/aromatic N) is 2. The van der Waals surface area contributed by atoms with Gasteiger partial charge in [-0.25, -0.2) is 4.98 Å². The van der Waals surface area contributed by atoms with Crippen molar-refractivity contribution in [3.05, 3.63) is 29.0 Å². The van der Waals surface area contributed by atoms with Crippen molar-refractivity contribution in [2.45, 2.75) is 38.6 Å². The lowest BCUT2D eigenvalue weighted by Crippen LogP contribution is -2.31. The van der Waals surface area contributed by atoms with Crippen LogP contribution in [0.15, 0.2) is 18.2 Å². The molecule has 1 saturated heterocycles. The Morgan fingerprint density at radius 3 is 2.89 bits per heavy atom. The molecule has 2 heterocycles. The van der Waals surface area contributed by atoms with Crippen molar-refractivity contribution in [1.29, 1.82) is 0 Å². The van der Waals surface area contributed by atoms with E-state index in [2.05, 4.69) is 23.7 Å². The smallest absolute Gasteiger partial charge is 0.117 e. The van der Waals surface area contributed by atoms with Crippen molar-refractivity contribution in [3.8, 4) is 0 Å². The normalized spacial score (nSPS) is 23.3. The molecule has 1 fully saturated rings. The first-order chi connectivity index (χ1) is 9.20. The van der Waals surface area contributed by atoms with Gasteiger partial charge in [-0.1, -0.05) is 18.5 Å². The number of hydrogen-bond acceptors (Lipinski definition) is 2. The summed E-state index contributed by atoms with van der Waals surface area (Å²) < 4.78 is 2.33. The average molecular weight is 278 g/mol. The largest absolute Gasteiger partial charge is 0.328 e. The minimum atomic E-state index is 0.182. The van der Waals surface area contributed by atoms with Gasteiger partial charge in [0.25, 0.3) is 0 Å². The summed E-state index contributed by atoms with van der Waals surface area (Å²) in [6.45, 7) is 7.49. The lowest BCUT2D eigenvalue weighted by atomic mass is 9.83. The monoisotopic (exact) mass is 277 g/mol. The first-order valence-corrected chi connectivity index (χ1v) is 7.45. The quantitative estimate of drug-likeness (QED) is 0.932. The molecule has 1 N–H and O–H groups in total. The molecule has 1 aliphatic heterocycles. The Balaban J connectivity index is 2.23. The van der Waals surface area contributed by atoms with Crippen molar-refractivity contribution >= 4 is 22.6 Å². The molecule has 0 amide bonds. The number of benzene rings is 1. The maximum Gasteiger partial charge on any atom is 0.117 e. The lowest BCUT2D eigenvalue weighted by Gasteiger charge is -2.26. The third-order valence-electron chi connectivity index (χ3n) is 4.42. The summed E-state index contributed by atoms with van der Waals surface area (Å²) in [6, 6.07) is 5.98. The Kier molecular flexibility index (Phi) is 3.27. The lowest BCUT2D eigenvalue weighted by molar-refractivity contribution is 0.408. The summed E-state index contributed by atoms with van der Waals surface area (Å²) in [5.74, 6) is 1.22. The number of imidazole rings is 1. The molecule has 1 aromatic heterocycles. The molecule has 0 radical (unpaired) electrons. The molecule has 3 nitrogen and oxygen atoms in total. The Morgan fingerprint density at radius 1 is 1.42 bits per heavy atom. The zero-order valence-corrected chi connectivity index (χ0v) is 12.3. The summed E-state index contributed by atoms with van der Waals surface area (Å²) in [5, 5.41) is 4.27. The van der Waals surface area contributed by atoms with Crippen LogP contribution in [-0.4, -0.2) is 22.6 Å². The van der Waals surface area contributed by atoms with Gasteiger partial charge < -0.3 is 9.88 Å². The van der Waals surface area contributed by atoms with Crippen LogP contribution in [0.2, 0.25) is 5.02 Å². The Morgan fingerprint density at radius 2 is 2.26 bits per heavy atom.